The van der Waals surface area contributed by atoms with Crippen LogP contribution in [0.4, 0.5) is 11.4 Å². The van der Waals surface area contributed by atoms with Crippen LogP contribution in [0.3, 0.4) is 0 Å². The lowest BCUT2D eigenvalue weighted by Gasteiger charge is -2.18. The number of rotatable bonds is 2. The van der Waals surface area contributed by atoms with Gasteiger partial charge in [0.25, 0.3) is 11.8 Å². The molecule has 0 radical (unpaired) electrons. The minimum Gasteiger partial charge on any atom is -0.482 e. The summed E-state index contributed by atoms with van der Waals surface area (Å²) < 4.78 is 5.26. The maximum Gasteiger partial charge on any atom is 0.262 e. The van der Waals surface area contributed by atoms with Crippen LogP contribution in [0.5, 0.6) is 5.75 Å². The van der Waals surface area contributed by atoms with Crippen LogP contribution in [-0.2, 0) is 4.79 Å². The van der Waals surface area contributed by atoms with Gasteiger partial charge >= 0.3 is 0 Å². The number of ether oxygens (including phenoxy) is 1. The van der Waals surface area contributed by atoms with E-state index in [9.17, 15) is 9.59 Å². The highest BCUT2D eigenvalue weighted by Gasteiger charge is 2.16. The Morgan fingerprint density at radius 3 is 2.75 bits per heavy atom. The van der Waals surface area contributed by atoms with Crippen molar-refractivity contribution in [3.8, 4) is 5.75 Å². The van der Waals surface area contributed by atoms with E-state index in [4.69, 9.17) is 4.74 Å². The Hall–Kier alpha value is -2.82. The molecule has 0 saturated carbocycles. The van der Waals surface area contributed by atoms with Crippen molar-refractivity contribution in [2.24, 2.45) is 0 Å². The second-order valence-corrected chi connectivity index (χ2v) is 4.37. The highest BCUT2D eigenvalue weighted by Crippen LogP contribution is 2.30. The Morgan fingerprint density at radius 1 is 1.15 bits per heavy atom. The molecule has 1 aliphatic rings. The van der Waals surface area contributed by atoms with Crippen molar-refractivity contribution in [1.82, 2.24) is 0 Å². The zero-order chi connectivity index (χ0) is 13.9. The number of amides is 2. The van der Waals surface area contributed by atoms with Crippen LogP contribution in [0.15, 0.2) is 48.5 Å². The maximum absolute atomic E-state index is 12.0. The fourth-order valence-corrected chi connectivity index (χ4v) is 1.95. The average molecular weight is 268 g/mol. The van der Waals surface area contributed by atoms with Crippen molar-refractivity contribution < 1.29 is 14.3 Å². The molecule has 1 aliphatic heterocycles. The predicted octanol–water partition coefficient (Wildman–Crippen LogP) is 2.27. The first-order valence-electron chi connectivity index (χ1n) is 6.15. The summed E-state index contributed by atoms with van der Waals surface area (Å²) in [7, 11) is 0. The van der Waals surface area contributed by atoms with Crippen LogP contribution in [0.2, 0.25) is 0 Å². The third-order valence-electron chi connectivity index (χ3n) is 2.91. The molecular formula is C15H12N2O3. The lowest BCUT2D eigenvalue weighted by atomic mass is 10.2. The van der Waals surface area contributed by atoms with Crippen LogP contribution >= 0.6 is 0 Å². The van der Waals surface area contributed by atoms with Gasteiger partial charge in [-0.1, -0.05) is 18.2 Å². The van der Waals surface area contributed by atoms with Gasteiger partial charge in [-0.25, -0.2) is 0 Å². The molecule has 0 aliphatic carbocycles. The van der Waals surface area contributed by atoms with E-state index in [-0.39, 0.29) is 18.4 Å². The van der Waals surface area contributed by atoms with Crippen molar-refractivity contribution in [2.45, 2.75) is 0 Å². The molecule has 0 saturated heterocycles. The standard InChI is InChI=1S/C15H12N2O3/c18-14-9-20-13-7-6-11(8-12(13)17-14)16-15(19)10-4-2-1-3-5-10/h1-8H,9H2,(H,16,19)(H,17,18). The molecule has 100 valence electrons. The third kappa shape index (κ3) is 2.47. The van der Waals surface area contributed by atoms with Crippen LogP contribution in [0, 0.1) is 0 Å². The van der Waals surface area contributed by atoms with Crippen molar-refractivity contribution in [3.05, 3.63) is 54.1 Å². The number of benzene rings is 2. The van der Waals surface area contributed by atoms with Gasteiger partial charge in [0.15, 0.2) is 6.61 Å². The van der Waals surface area contributed by atoms with Gasteiger partial charge in [0.2, 0.25) is 0 Å². The fraction of sp³-hybridized carbons (Fsp3) is 0.0667. The molecule has 0 atom stereocenters. The smallest absolute Gasteiger partial charge is 0.262 e. The van der Waals surface area contributed by atoms with E-state index >= 15 is 0 Å². The van der Waals surface area contributed by atoms with Gasteiger partial charge in [0, 0.05) is 11.3 Å². The first kappa shape index (κ1) is 12.2. The molecule has 2 aromatic rings. The summed E-state index contributed by atoms with van der Waals surface area (Å²) in [5.74, 6) is 0.194. The Kier molecular flexibility index (Phi) is 3.09. The van der Waals surface area contributed by atoms with Crippen molar-refractivity contribution >= 4 is 23.2 Å². The summed E-state index contributed by atoms with van der Waals surface area (Å²) in [4.78, 5) is 23.3. The predicted molar refractivity (Wildman–Crippen MR) is 75.0 cm³/mol. The minimum atomic E-state index is -0.205. The monoisotopic (exact) mass is 268 g/mol. The quantitative estimate of drug-likeness (QED) is 0.878. The Labute approximate surface area is 115 Å². The number of nitrogens with one attached hydrogen (secondary N) is 2. The van der Waals surface area contributed by atoms with Crippen LogP contribution < -0.4 is 15.4 Å². The summed E-state index contributed by atoms with van der Waals surface area (Å²) >= 11 is 0. The molecule has 3 rings (SSSR count). The van der Waals surface area contributed by atoms with Gasteiger partial charge in [-0.3, -0.25) is 9.59 Å². The number of carbonyl (C=O) groups excluding carboxylic acids is 2. The second-order valence-electron chi connectivity index (χ2n) is 4.37. The Morgan fingerprint density at radius 2 is 1.95 bits per heavy atom. The zero-order valence-electron chi connectivity index (χ0n) is 10.6. The first-order chi connectivity index (χ1) is 9.72. The Balaban J connectivity index is 1.80. The van der Waals surface area contributed by atoms with Gasteiger partial charge in [0.05, 0.1) is 5.69 Å². The SMILES string of the molecule is O=C1COc2ccc(NC(=O)c3ccccc3)cc2N1. The van der Waals surface area contributed by atoms with E-state index < -0.39 is 0 Å². The highest BCUT2D eigenvalue weighted by atomic mass is 16.5. The Bertz CT molecular complexity index is 668. The molecule has 2 amide bonds. The summed E-state index contributed by atoms with van der Waals surface area (Å²) in [6.07, 6.45) is 0. The van der Waals surface area contributed by atoms with E-state index in [0.717, 1.165) is 0 Å². The third-order valence-corrected chi connectivity index (χ3v) is 2.91. The van der Waals surface area contributed by atoms with Crippen LogP contribution in [0.1, 0.15) is 10.4 Å². The molecule has 0 fully saturated rings. The summed E-state index contributed by atoms with van der Waals surface area (Å²) in [6, 6.07) is 14.0. The van der Waals surface area contributed by atoms with Crippen LogP contribution in [0.25, 0.3) is 0 Å². The summed E-state index contributed by atoms with van der Waals surface area (Å²) in [5.41, 5.74) is 1.74. The van der Waals surface area contributed by atoms with E-state index in [1.807, 2.05) is 6.07 Å². The molecule has 0 aromatic heterocycles. The summed E-state index contributed by atoms with van der Waals surface area (Å²) in [5, 5.41) is 5.48. The number of carbonyl (C=O) groups is 2. The van der Waals surface area contributed by atoms with Crippen LogP contribution in [-0.4, -0.2) is 18.4 Å². The fourth-order valence-electron chi connectivity index (χ4n) is 1.95. The largest absolute Gasteiger partial charge is 0.482 e. The average Bonchev–Trinajstić information content (AvgIpc) is 2.47. The molecule has 2 N–H and O–H groups in total. The maximum atomic E-state index is 12.0. The number of hydrogen-bond donors (Lipinski definition) is 2. The molecule has 20 heavy (non-hydrogen) atoms. The summed E-state index contributed by atoms with van der Waals surface area (Å²) in [6.45, 7) is 0.0166. The van der Waals surface area contributed by atoms with Crippen molar-refractivity contribution in [2.75, 3.05) is 17.2 Å². The van der Waals surface area contributed by atoms with Gasteiger partial charge in [0.1, 0.15) is 5.75 Å². The molecule has 1 heterocycles. The molecular weight excluding hydrogens is 256 g/mol. The molecule has 0 bridgehead atoms. The van der Waals surface area contributed by atoms with Gasteiger partial charge in [-0.05, 0) is 30.3 Å². The first-order valence-corrected chi connectivity index (χ1v) is 6.15. The number of fused-ring (bicyclic) bond motifs is 1. The lowest BCUT2D eigenvalue weighted by Crippen LogP contribution is -2.25. The molecule has 0 unspecified atom stereocenters. The minimum absolute atomic E-state index is 0.0166. The zero-order valence-corrected chi connectivity index (χ0v) is 10.6. The van der Waals surface area contributed by atoms with Gasteiger partial charge in [-0.15, -0.1) is 0 Å². The van der Waals surface area contributed by atoms with Crippen molar-refractivity contribution in [3.63, 3.8) is 0 Å². The van der Waals surface area contributed by atoms with Crippen molar-refractivity contribution in [1.29, 1.82) is 0 Å². The van der Waals surface area contributed by atoms with E-state index in [2.05, 4.69) is 10.6 Å². The molecule has 0 spiro atoms. The number of anilines is 2. The van der Waals surface area contributed by atoms with Gasteiger partial charge in [-0.2, -0.15) is 0 Å². The topological polar surface area (TPSA) is 67.4 Å². The van der Waals surface area contributed by atoms with E-state index in [1.54, 1.807) is 42.5 Å². The highest BCUT2D eigenvalue weighted by molar-refractivity contribution is 6.05. The van der Waals surface area contributed by atoms with E-state index in [1.165, 1.54) is 0 Å². The molecule has 5 heteroatoms. The second kappa shape index (κ2) is 5.05. The van der Waals surface area contributed by atoms with E-state index in [0.29, 0.717) is 22.7 Å². The molecule has 2 aromatic carbocycles. The van der Waals surface area contributed by atoms with Gasteiger partial charge < -0.3 is 15.4 Å². The molecule has 5 nitrogen and oxygen atoms in total. The lowest BCUT2D eigenvalue weighted by molar-refractivity contribution is -0.118. The normalized spacial score (nSPS) is 12.9. The number of hydrogen-bond acceptors (Lipinski definition) is 3.